The molecule has 0 aliphatic carbocycles. The van der Waals surface area contributed by atoms with Crippen molar-refractivity contribution in [3.8, 4) is 11.5 Å². The highest BCUT2D eigenvalue weighted by atomic mass is 32.1. The third-order valence-electron chi connectivity index (χ3n) is 6.28. The Morgan fingerprint density at radius 2 is 1.72 bits per heavy atom. The van der Waals surface area contributed by atoms with Crippen molar-refractivity contribution in [1.82, 2.24) is 0 Å². The fourth-order valence-electron chi connectivity index (χ4n) is 4.75. The van der Waals surface area contributed by atoms with E-state index in [9.17, 15) is 19.7 Å². The van der Waals surface area contributed by atoms with Gasteiger partial charge >= 0.3 is 0 Å². The van der Waals surface area contributed by atoms with Crippen LogP contribution in [0.5, 0.6) is 11.5 Å². The number of aromatic hydroxyl groups is 2. The predicted molar refractivity (Wildman–Crippen MR) is 128 cm³/mol. The van der Waals surface area contributed by atoms with E-state index in [4.69, 9.17) is 12.6 Å². The summed E-state index contributed by atoms with van der Waals surface area (Å²) in [6.45, 7) is 0. The Labute approximate surface area is 193 Å². The molecule has 0 radical (unpaired) electrons. The van der Waals surface area contributed by atoms with Crippen LogP contribution in [-0.4, -0.2) is 20.7 Å². The molecule has 3 aromatic carbocycles. The zero-order valence-electron chi connectivity index (χ0n) is 17.7. The average molecular weight is 454 g/mol. The van der Waals surface area contributed by atoms with Gasteiger partial charge in [0, 0.05) is 17.3 Å². The highest BCUT2D eigenvalue weighted by Gasteiger charge is 2.41. The Hall–Kier alpha value is -2.70. The van der Waals surface area contributed by atoms with Crippen molar-refractivity contribution in [3.05, 3.63) is 89.7 Å². The number of halogens is 1. The minimum absolute atomic E-state index is 0.0249. The third-order valence-corrected chi connectivity index (χ3v) is 6.73. The van der Waals surface area contributed by atoms with E-state index < -0.39 is 6.10 Å². The van der Waals surface area contributed by atoms with Crippen LogP contribution in [0, 0.1) is 11.7 Å². The lowest BCUT2D eigenvalue weighted by Gasteiger charge is -2.33. The number of hydrogen-bond acceptors (Lipinski definition) is 5. The second-order valence-corrected chi connectivity index (χ2v) is 9.00. The number of anilines is 1. The normalized spacial score (nSPS) is 21.6. The van der Waals surface area contributed by atoms with E-state index in [1.165, 1.54) is 18.2 Å². The average Bonchev–Trinajstić information content (AvgIpc) is 3.10. The van der Waals surface area contributed by atoms with Crippen LogP contribution < -0.4 is 4.90 Å². The number of rotatable bonds is 7. The maximum atomic E-state index is 13.2. The van der Waals surface area contributed by atoms with Crippen molar-refractivity contribution in [2.45, 2.75) is 43.2 Å². The van der Waals surface area contributed by atoms with Gasteiger partial charge in [-0.15, -0.1) is 0 Å². The molecule has 4 nitrogen and oxygen atoms in total. The minimum Gasteiger partial charge on any atom is -0.508 e. The molecule has 0 spiro atoms. The van der Waals surface area contributed by atoms with Crippen LogP contribution in [0.25, 0.3) is 0 Å². The van der Waals surface area contributed by atoms with Gasteiger partial charge in [-0.25, -0.2) is 4.39 Å². The summed E-state index contributed by atoms with van der Waals surface area (Å²) in [5.41, 5.74) is 2.50. The first-order chi connectivity index (χ1) is 15.4. The highest BCUT2D eigenvalue weighted by molar-refractivity contribution is 7.81. The van der Waals surface area contributed by atoms with Crippen molar-refractivity contribution < 1.29 is 19.7 Å². The Morgan fingerprint density at radius 1 is 1.00 bits per heavy atom. The first-order valence-electron chi connectivity index (χ1n) is 10.9. The van der Waals surface area contributed by atoms with Crippen LogP contribution in [0.15, 0.2) is 72.8 Å². The first-order valence-corrected chi connectivity index (χ1v) is 11.4. The van der Waals surface area contributed by atoms with E-state index in [0.717, 1.165) is 30.5 Å². The van der Waals surface area contributed by atoms with E-state index in [0.29, 0.717) is 12.0 Å². The van der Waals surface area contributed by atoms with E-state index in [-0.39, 0.29) is 34.6 Å². The van der Waals surface area contributed by atoms with Crippen LogP contribution in [0.1, 0.15) is 49.0 Å². The van der Waals surface area contributed by atoms with Crippen molar-refractivity contribution in [1.29, 1.82) is 0 Å². The third kappa shape index (κ3) is 4.87. The summed E-state index contributed by atoms with van der Waals surface area (Å²) < 4.78 is 13.2. The quantitative estimate of drug-likeness (QED) is 0.333. The first kappa shape index (κ1) is 22.5. The van der Waals surface area contributed by atoms with Crippen molar-refractivity contribution in [2.75, 3.05) is 4.90 Å². The molecule has 168 valence electrons. The summed E-state index contributed by atoms with van der Waals surface area (Å²) in [6, 6.07) is 20.6. The van der Waals surface area contributed by atoms with Gasteiger partial charge < -0.3 is 20.2 Å². The zero-order chi connectivity index (χ0) is 22.7. The summed E-state index contributed by atoms with van der Waals surface area (Å²) in [7, 11) is 0. The molecule has 1 aliphatic rings. The largest absolute Gasteiger partial charge is 0.508 e. The molecule has 0 amide bonds. The fourth-order valence-corrected chi connectivity index (χ4v) is 5.29. The van der Waals surface area contributed by atoms with Crippen LogP contribution in [0.4, 0.5) is 10.1 Å². The molecule has 4 rings (SSSR count). The van der Waals surface area contributed by atoms with E-state index in [2.05, 4.69) is 4.90 Å². The second kappa shape index (κ2) is 9.84. The summed E-state index contributed by atoms with van der Waals surface area (Å²) in [5, 5.41) is 30.9. The van der Waals surface area contributed by atoms with Crippen molar-refractivity contribution in [2.24, 2.45) is 5.92 Å². The van der Waals surface area contributed by atoms with Gasteiger partial charge in [0.2, 0.25) is 0 Å². The van der Waals surface area contributed by atoms with Gasteiger partial charge in [-0.3, -0.25) is 0 Å². The maximum absolute atomic E-state index is 13.2. The molecule has 1 aliphatic heterocycles. The highest BCUT2D eigenvalue weighted by Crippen LogP contribution is 2.49. The molecule has 0 saturated carbocycles. The summed E-state index contributed by atoms with van der Waals surface area (Å²) in [6.07, 6.45) is 2.37. The summed E-state index contributed by atoms with van der Waals surface area (Å²) in [5.74, 6) is -0.0237. The number of benzene rings is 3. The minimum atomic E-state index is -0.644. The van der Waals surface area contributed by atoms with Crippen molar-refractivity contribution >= 4 is 18.3 Å². The summed E-state index contributed by atoms with van der Waals surface area (Å²) >= 11 is 4.86. The molecule has 6 heteroatoms. The zero-order valence-corrected chi connectivity index (χ0v) is 18.6. The van der Waals surface area contributed by atoms with Crippen LogP contribution in [0.3, 0.4) is 0 Å². The fraction of sp³-hybridized carbons (Fsp3) is 0.308. The Morgan fingerprint density at radius 3 is 2.41 bits per heavy atom. The van der Waals surface area contributed by atoms with Gasteiger partial charge in [0.1, 0.15) is 17.3 Å². The lowest BCUT2D eigenvalue weighted by Crippen LogP contribution is -2.29. The van der Waals surface area contributed by atoms with Gasteiger partial charge in [-0.2, -0.15) is 12.6 Å². The van der Waals surface area contributed by atoms with Gasteiger partial charge in [-0.1, -0.05) is 36.8 Å². The van der Waals surface area contributed by atoms with E-state index in [1.54, 1.807) is 24.3 Å². The smallest absolute Gasteiger partial charge is 0.124 e. The van der Waals surface area contributed by atoms with Gasteiger partial charge in [-0.05, 0) is 67.1 Å². The van der Waals surface area contributed by atoms with E-state index in [1.807, 2.05) is 30.3 Å². The molecular weight excluding hydrogens is 425 g/mol. The number of hydrogen-bond donors (Lipinski definition) is 4. The number of para-hydroxylation sites is 1. The number of nitrogens with zero attached hydrogens (tertiary/aromatic N) is 1. The molecular formula is C26H28FNO3S. The van der Waals surface area contributed by atoms with Gasteiger partial charge in [0.25, 0.3) is 0 Å². The van der Waals surface area contributed by atoms with Crippen LogP contribution >= 0.6 is 12.6 Å². The molecule has 3 N–H and O–H groups in total. The predicted octanol–water partition coefficient (Wildman–Crippen LogP) is 5.96. The van der Waals surface area contributed by atoms with Gasteiger partial charge in [0.15, 0.2) is 0 Å². The molecule has 1 heterocycles. The van der Waals surface area contributed by atoms with Crippen molar-refractivity contribution in [3.63, 3.8) is 0 Å². The van der Waals surface area contributed by atoms with Crippen LogP contribution in [-0.2, 0) is 0 Å². The molecule has 0 bridgehead atoms. The second-order valence-electron chi connectivity index (χ2n) is 8.41. The number of aliphatic hydroxyl groups is 1. The molecule has 32 heavy (non-hydrogen) atoms. The number of thiol groups is 1. The topological polar surface area (TPSA) is 63.9 Å². The Kier molecular flexibility index (Phi) is 6.92. The molecule has 4 atom stereocenters. The van der Waals surface area contributed by atoms with E-state index >= 15 is 0 Å². The lowest BCUT2D eigenvalue weighted by atomic mass is 9.88. The Balaban J connectivity index is 1.54. The number of phenols is 2. The monoisotopic (exact) mass is 453 g/mol. The SMILES string of the molecule is Oc1ccc(C2C(CCCC(O)c3ccc(F)cc3)CC(S)N2c2ccccc2)c(O)c1. The van der Waals surface area contributed by atoms with Gasteiger partial charge in [0.05, 0.1) is 17.5 Å². The molecule has 1 fully saturated rings. The molecule has 4 unspecified atom stereocenters. The standard InChI is InChI=1S/C26H28FNO3S/c27-19-11-9-17(10-12-19)23(30)8-4-5-18-15-25(32)28(20-6-2-1-3-7-20)26(18)22-14-13-21(29)16-24(22)31/h1-3,6-7,9-14,16,18,23,25-26,29-32H,4-5,8,15H2. The number of phenolic OH excluding ortho intramolecular Hbond substituents is 2. The Bertz CT molecular complexity index is 1030. The summed E-state index contributed by atoms with van der Waals surface area (Å²) in [4.78, 5) is 2.22. The molecule has 0 aromatic heterocycles. The molecule has 3 aromatic rings. The molecule has 1 saturated heterocycles. The number of aliphatic hydroxyl groups excluding tert-OH is 1. The maximum Gasteiger partial charge on any atom is 0.124 e. The van der Waals surface area contributed by atoms with Crippen LogP contribution in [0.2, 0.25) is 0 Å². The lowest BCUT2D eigenvalue weighted by molar-refractivity contribution is 0.160.